The molecular formula is C11H15N5O5S. The largest absolute Gasteiger partial charge is 0.388 e. The van der Waals surface area contributed by atoms with Gasteiger partial charge >= 0.3 is 0 Å². The first-order chi connectivity index (χ1) is 10.5. The van der Waals surface area contributed by atoms with E-state index in [2.05, 4.69) is 15.3 Å². The molecule has 3 N–H and O–H groups in total. The van der Waals surface area contributed by atoms with Gasteiger partial charge in [0.1, 0.15) is 18.3 Å². The Kier molecular flexibility index (Phi) is 3.91. The minimum Gasteiger partial charge on any atom is -0.388 e. The molecule has 0 aromatic carbocycles. The molecule has 120 valence electrons. The molecule has 2 aromatic heterocycles. The minimum atomic E-state index is -1.42. The Morgan fingerprint density at radius 1 is 1.32 bits per heavy atom. The summed E-state index contributed by atoms with van der Waals surface area (Å²) < 4.78 is 7.81. The van der Waals surface area contributed by atoms with Crippen molar-refractivity contribution in [3.8, 4) is 0 Å². The number of ether oxygens (including phenoxy) is 1. The van der Waals surface area contributed by atoms with Gasteiger partial charge in [-0.2, -0.15) is 4.68 Å². The summed E-state index contributed by atoms with van der Waals surface area (Å²) in [6.45, 7) is -0.176. The highest BCUT2D eigenvalue weighted by Crippen LogP contribution is 2.25. The number of thioether (sulfide) groups is 1. The van der Waals surface area contributed by atoms with E-state index in [0.29, 0.717) is 5.16 Å². The standard InChI is InChI=1S/C11H15N5O5S/c1-15-9(20)5-8(12-11(15)22-2)16(14-13-5)10-7(19)6(18)4(17)3-21-10/h4,6-7,10,17-19H,3H2,1-2H3/t4-,6-,7+,10-/m1/s1. The van der Waals surface area contributed by atoms with Crippen molar-refractivity contribution in [2.75, 3.05) is 12.9 Å². The molecule has 0 bridgehead atoms. The number of rotatable bonds is 2. The van der Waals surface area contributed by atoms with E-state index in [-0.39, 0.29) is 23.3 Å². The number of aromatic nitrogens is 5. The minimum absolute atomic E-state index is 0.0386. The zero-order chi connectivity index (χ0) is 16.0. The second-order valence-electron chi connectivity index (χ2n) is 4.94. The fourth-order valence-corrected chi connectivity index (χ4v) is 2.84. The van der Waals surface area contributed by atoms with Crippen LogP contribution in [0.5, 0.6) is 0 Å². The van der Waals surface area contributed by atoms with Gasteiger partial charge in [0.2, 0.25) is 0 Å². The van der Waals surface area contributed by atoms with E-state index >= 15 is 0 Å². The van der Waals surface area contributed by atoms with Gasteiger partial charge in [0.05, 0.1) is 6.61 Å². The van der Waals surface area contributed by atoms with Crippen molar-refractivity contribution < 1.29 is 20.1 Å². The quantitative estimate of drug-likeness (QED) is 0.416. The third-order valence-electron chi connectivity index (χ3n) is 3.56. The summed E-state index contributed by atoms with van der Waals surface area (Å²) in [5.74, 6) is 0. The van der Waals surface area contributed by atoms with Crippen molar-refractivity contribution in [1.29, 1.82) is 0 Å². The van der Waals surface area contributed by atoms with Crippen LogP contribution in [0.4, 0.5) is 0 Å². The maximum Gasteiger partial charge on any atom is 0.284 e. The highest BCUT2D eigenvalue weighted by molar-refractivity contribution is 7.98. The first-order valence-electron chi connectivity index (χ1n) is 6.47. The van der Waals surface area contributed by atoms with Gasteiger partial charge in [0.15, 0.2) is 22.5 Å². The van der Waals surface area contributed by atoms with Crippen LogP contribution in [0.25, 0.3) is 11.2 Å². The van der Waals surface area contributed by atoms with Crippen LogP contribution >= 0.6 is 11.8 Å². The molecule has 0 saturated carbocycles. The monoisotopic (exact) mass is 329 g/mol. The first-order valence-corrected chi connectivity index (χ1v) is 7.70. The van der Waals surface area contributed by atoms with Crippen molar-refractivity contribution in [3.05, 3.63) is 10.4 Å². The topological polar surface area (TPSA) is 136 Å². The normalized spacial score (nSPS) is 29.1. The predicted molar refractivity (Wildman–Crippen MR) is 75.4 cm³/mol. The molecule has 2 aromatic rings. The number of hydrogen-bond acceptors (Lipinski definition) is 9. The van der Waals surface area contributed by atoms with Crippen molar-refractivity contribution in [3.63, 3.8) is 0 Å². The van der Waals surface area contributed by atoms with Gasteiger partial charge in [-0.15, -0.1) is 5.10 Å². The van der Waals surface area contributed by atoms with E-state index in [4.69, 9.17) is 4.74 Å². The van der Waals surface area contributed by atoms with Gasteiger partial charge in [0, 0.05) is 7.05 Å². The zero-order valence-electron chi connectivity index (χ0n) is 11.8. The Balaban J connectivity index is 2.12. The molecule has 3 heterocycles. The Labute approximate surface area is 128 Å². The van der Waals surface area contributed by atoms with Crippen molar-refractivity contribution in [1.82, 2.24) is 24.5 Å². The molecule has 0 aliphatic carbocycles. The van der Waals surface area contributed by atoms with E-state index < -0.39 is 24.5 Å². The van der Waals surface area contributed by atoms with E-state index in [1.54, 1.807) is 13.3 Å². The third-order valence-corrected chi connectivity index (χ3v) is 4.29. The lowest BCUT2D eigenvalue weighted by atomic mass is 10.0. The van der Waals surface area contributed by atoms with Gasteiger partial charge in [-0.3, -0.25) is 9.36 Å². The summed E-state index contributed by atoms with van der Waals surface area (Å²) in [5, 5.41) is 37.3. The molecule has 1 aliphatic heterocycles. The van der Waals surface area contributed by atoms with Gasteiger partial charge in [0.25, 0.3) is 5.56 Å². The molecule has 1 aliphatic rings. The molecule has 0 spiro atoms. The van der Waals surface area contributed by atoms with Crippen molar-refractivity contribution >= 4 is 22.9 Å². The molecule has 4 atom stereocenters. The number of fused-ring (bicyclic) bond motifs is 1. The van der Waals surface area contributed by atoms with Crippen LogP contribution in [0.15, 0.2) is 9.95 Å². The molecule has 3 rings (SSSR count). The van der Waals surface area contributed by atoms with E-state index in [1.807, 2.05) is 0 Å². The van der Waals surface area contributed by atoms with Crippen LogP contribution in [0, 0.1) is 0 Å². The van der Waals surface area contributed by atoms with Crippen molar-refractivity contribution in [2.24, 2.45) is 7.05 Å². The summed E-state index contributed by atoms with van der Waals surface area (Å²) in [4.78, 5) is 16.5. The first kappa shape index (κ1) is 15.4. The Hall–Kier alpha value is -1.53. The molecule has 0 amide bonds. The summed E-state index contributed by atoms with van der Waals surface area (Å²) in [5.41, 5.74) is -0.178. The summed E-state index contributed by atoms with van der Waals surface area (Å²) in [6.07, 6.45) is -3.31. The smallest absolute Gasteiger partial charge is 0.284 e. The lowest BCUT2D eigenvalue weighted by Crippen LogP contribution is -2.50. The van der Waals surface area contributed by atoms with Crippen LogP contribution in [0.1, 0.15) is 6.23 Å². The van der Waals surface area contributed by atoms with Crippen molar-refractivity contribution in [2.45, 2.75) is 29.7 Å². The number of aliphatic hydroxyl groups is 3. The summed E-state index contributed by atoms with van der Waals surface area (Å²) >= 11 is 1.28. The van der Waals surface area contributed by atoms with E-state index in [9.17, 15) is 20.1 Å². The van der Waals surface area contributed by atoms with Gasteiger partial charge < -0.3 is 20.1 Å². The highest BCUT2D eigenvalue weighted by Gasteiger charge is 2.40. The number of aliphatic hydroxyl groups excluding tert-OH is 3. The van der Waals surface area contributed by atoms with Crippen LogP contribution in [-0.2, 0) is 11.8 Å². The average molecular weight is 329 g/mol. The number of nitrogens with zero attached hydrogens (tertiary/aromatic N) is 5. The lowest BCUT2D eigenvalue weighted by molar-refractivity contribution is -0.213. The Morgan fingerprint density at radius 2 is 2.05 bits per heavy atom. The number of hydrogen-bond donors (Lipinski definition) is 3. The maximum atomic E-state index is 12.2. The van der Waals surface area contributed by atoms with Crippen LogP contribution in [0.3, 0.4) is 0 Å². The van der Waals surface area contributed by atoms with Gasteiger partial charge in [-0.05, 0) is 6.26 Å². The van der Waals surface area contributed by atoms with Gasteiger partial charge in [-0.1, -0.05) is 17.0 Å². The molecule has 1 fully saturated rings. The molecule has 1 saturated heterocycles. The van der Waals surface area contributed by atoms with Crippen LogP contribution < -0.4 is 5.56 Å². The molecule has 22 heavy (non-hydrogen) atoms. The Morgan fingerprint density at radius 3 is 2.73 bits per heavy atom. The van der Waals surface area contributed by atoms with E-state index in [1.165, 1.54) is 16.3 Å². The second-order valence-corrected chi connectivity index (χ2v) is 5.71. The molecule has 11 heteroatoms. The Bertz CT molecular complexity index is 761. The summed E-state index contributed by atoms with van der Waals surface area (Å²) in [7, 11) is 1.58. The van der Waals surface area contributed by atoms with Gasteiger partial charge in [-0.25, -0.2) is 4.98 Å². The van der Waals surface area contributed by atoms with E-state index in [0.717, 1.165) is 4.68 Å². The fourth-order valence-electron chi connectivity index (χ4n) is 2.30. The predicted octanol–water partition coefficient (Wildman–Crippen LogP) is -2.14. The SMILES string of the molecule is CSc1nc2c(nnn2[C@@H]2OC[C@@H](O)[C@@H](O)[C@@H]2O)c(=O)n1C. The van der Waals surface area contributed by atoms with Crippen LogP contribution in [0.2, 0.25) is 0 Å². The fraction of sp³-hybridized carbons (Fsp3) is 0.636. The van der Waals surface area contributed by atoms with Crippen LogP contribution in [-0.4, -0.2) is 71.0 Å². The highest BCUT2D eigenvalue weighted by atomic mass is 32.2. The molecule has 0 unspecified atom stereocenters. The molecule has 0 radical (unpaired) electrons. The summed E-state index contributed by atoms with van der Waals surface area (Å²) in [6, 6.07) is 0. The maximum absolute atomic E-state index is 12.2. The second kappa shape index (κ2) is 5.59. The lowest BCUT2D eigenvalue weighted by Gasteiger charge is -2.34. The molecular weight excluding hydrogens is 314 g/mol. The molecule has 10 nitrogen and oxygen atoms in total. The third kappa shape index (κ3) is 2.21. The average Bonchev–Trinajstić information content (AvgIpc) is 2.92. The zero-order valence-corrected chi connectivity index (χ0v) is 12.6.